The Bertz CT molecular complexity index is 1190. The largest absolute Gasteiger partial charge is 0.495 e. The Balaban J connectivity index is 1.31. The van der Waals surface area contributed by atoms with Crippen molar-refractivity contribution in [3.05, 3.63) is 77.9 Å². The summed E-state index contributed by atoms with van der Waals surface area (Å²) >= 11 is 0. The van der Waals surface area contributed by atoms with E-state index in [0.717, 1.165) is 11.3 Å². The van der Waals surface area contributed by atoms with Crippen molar-refractivity contribution < 1.29 is 23.8 Å². The molecule has 0 saturated carbocycles. The van der Waals surface area contributed by atoms with Crippen molar-refractivity contribution >= 4 is 23.2 Å². The Morgan fingerprint density at radius 3 is 2.44 bits per heavy atom. The van der Waals surface area contributed by atoms with Crippen LogP contribution in [0.15, 0.2) is 66.7 Å². The van der Waals surface area contributed by atoms with Crippen molar-refractivity contribution in [3.8, 4) is 17.2 Å². The summed E-state index contributed by atoms with van der Waals surface area (Å²) in [6, 6.07) is 19.6. The summed E-state index contributed by atoms with van der Waals surface area (Å²) in [7, 11) is 1.55. The molecule has 1 aliphatic rings. The van der Waals surface area contributed by atoms with E-state index in [2.05, 4.69) is 16.0 Å². The maximum atomic E-state index is 12.6. The number of benzene rings is 3. The van der Waals surface area contributed by atoms with E-state index >= 15 is 0 Å². The van der Waals surface area contributed by atoms with Gasteiger partial charge in [0.05, 0.1) is 19.3 Å². The van der Waals surface area contributed by atoms with Gasteiger partial charge >= 0.3 is 0 Å². The maximum absolute atomic E-state index is 12.6. The number of hydrogen-bond donors (Lipinski definition) is 3. The van der Waals surface area contributed by atoms with Gasteiger partial charge in [-0.25, -0.2) is 0 Å². The second-order valence-corrected chi connectivity index (χ2v) is 8.33. The third kappa shape index (κ3) is 5.29. The number of nitrogens with one attached hydrogen (secondary N) is 3. The molecule has 8 heteroatoms. The van der Waals surface area contributed by atoms with E-state index in [1.165, 1.54) is 0 Å². The molecule has 2 amide bonds. The smallest absolute Gasteiger partial charge is 0.255 e. The molecule has 0 aliphatic carbocycles. The molecule has 3 aromatic carbocycles. The second kappa shape index (κ2) is 9.84. The molecule has 1 aliphatic heterocycles. The van der Waals surface area contributed by atoms with Crippen LogP contribution in [0, 0.1) is 0 Å². The molecule has 0 unspecified atom stereocenters. The average Bonchev–Trinajstić information content (AvgIpc) is 3.32. The highest BCUT2D eigenvalue weighted by atomic mass is 16.7. The van der Waals surface area contributed by atoms with Crippen LogP contribution in [0.5, 0.6) is 17.2 Å². The van der Waals surface area contributed by atoms with Gasteiger partial charge in [-0.15, -0.1) is 0 Å². The topological polar surface area (TPSA) is 97.9 Å². The van der Waals surface area contributed by atoms with Crippen molar-refractivity contribution in [3.63, 3.8) is 0 Å². The number of amides is 2. The molecule has 3 aromatic rings. The minimum atomic E-state index is -0.460. The molecule has 1 heterocycles. The zero-order valence-electron chi connectivity index (χ0n) is 19.3. The lowest BCUT2D eigenvalue weighted by Gasteiger charge is -2.27. The molecular weight excluding hydrogens is 434 g/mol. The van der Waals surface area contributed by atoms with E-state index in [1.807, 2.05) is 44.2 Å². The van der Waals surface area contributed by atoms with Crippen LogP contribution in [-0.2, 0) is 10.3 Å². The molecule has 34 heavy (non-hydrogen) atoms. The van der Waals surface area contributed by atoms with Crippen LogP contribution in [0.3, 0.4) is 0 Å². The van der Waals surface area contributed by atoms with Crippen molar-refractivity contribution in [2.75, 3.05) is 31.1 Å². The first-order valence-corrected chi connectivity index (χ1v) is 10.9. The maximum Gasteiger partial charge on any atom is 0.255 e. The molecule has 0 saturated heterocycles. The first-order chi connectivity index (χ1) is 16.4. The number of hydrogen-bond acceptors (Lipinski definition) is 6. The molecule has 0 bridgehead atoms. The normalized spacial score (nSPS) is 12.2. The second-order valence-electron chi connectivity index (χ2n) is 8.33. The Hall–Kier alpha value is -4.04. The number of rotatable bonds is 8. The summed E-state index contributed by atoms with van der Waals surface area (Å²) in [5, 5.41) is 8.94. The number of anilines is 2. The molecule has 0 aromatic heterocycles. The minimum absolute atomic E-state index is 0.109. The Kier molecular flexibility index (Phi) is 6.70. The highest BCUT2D eigenvalue weighted by molar-refractivity contribution is 6.05. The molecule has 8 nitrogen and oxygen atoms in total. The van der Waals surface area contributed by atoms with Gasteiger partial charge in [0, 0.05) is 16.8 Å². The van der Waals surface area contributed by atoms with Crippen LogP contribution in [0.4, 0.5) is 11.4 Å². The zero-order chi connectivity index (χ0) is 24.1. The standard InChI is InChI=1S/C26H27N3O5/c1-26(2,18-10-13-22-23(14-18)34-16-33-22)27-15-24(30)28-19-11-8-17(9-12-19)25(31)29-20-6-4-5-7-21(20)32-3/h4-14,27H,15-16H2,1-3H3,(H,28,30)(H,29,31). The van der Waals surface area contributed by atoms with Gasteiger partial charge in [-0.1, -0.05) is 18.2 Å². The van der Waals surface area contributed by atoms with Crippen LogP contribution in [-0.4, -0.2) is 32.3 Å². The third-order valence-electron chi connectivity index (χ3n) is 5.57. The molecule has 0 fully saturated rings. The van der Waals surface area contributed by atoms with Gasteiger partial charge in [0.15, 0.2) is 11.5 Å². The monoisotopic (exact) mass is 461 g/mol. The minimum Gasteiger partial charge on any atom is -0.495 e. The van der Waals surface area contributed by atoms with Crippen LogP contribution in [0.1, 0.15) is 29.8 Å². The predicted molar refractivity (Wildman–Crippen MR) is 130 cm³/mol. The quantitative estimate of drug-likeness (QED) is 0.467. The summed E-state index contributed by atoms with van der Waals surface area (Å²) in [6.45, 7) is 4.31. The van der Waals surface area contributed by atoms with Gasteiger partial charge in [0.2, 0.25) is 12.7 Å². The van der Waals surface area contributed by atoms with Crippen LogP contribution in [0.25, 0.3) is 0 Å². The third-order valence-corrected chi connectivity index (χ3v) is 5.57. The fourth-order valence-electron chi connectivity index (χ4n) is 3.54. The van der Waals surface area contributed by atoms with Gasteiger partial charge in [-0.2, -0.15) is 0 Å². The zero-order valence-corrected chi connectivity index (χ0v) is 19.3. The highest BCUT2D eigenvalue weighted by Crippen LogP contribution is 2.35. The first kappa shape index (κ1) is 23.1. The number of ether oxygens (including phenoxy) is 3. The van der Waals surface area contributed by atoms with Crippen molar-refractivity contribution in [1.82, 2.24) is 5.32 Å². The summed E-state index contributed by atoms with van der Waals surface area (Å²) in [4.78, 5) is 25.0. The SMILES string of the molecule is COc1ccccc1NC(=O)c1ccc(NC(=O)CNC(C)(C)c2ccc3c(c2)OCO3)cc1. The van der Waals surface area contributed by atoms with E-state index in [0.29, 0.717) is 28.4 Å². The first-order valence-electron chi connectivity index (χ1n) is 10.9. The summed E-state index contributed by atoms with van der Waals surface area (Å²) in [6.07, 6.45) is 0. The number of carbonyl (C=O) groups is 2. The van der Waals surface area contributed by atoms with Crippen LogP contribution >= 0.6 is 0 Å². The summed E-state index contributed by atoms with van der Waals surface area (Å²) in [5.41, 5.74) is 2.17. The predicted octanol–water partition coefficient (Wildman–Crippen LogP) is 4.14. The van der Waals surface area contributed by atoms with Gasteiger partial charge in [-0.3, -0.25) is 14.9 Å². The average molecular weight is 462 g/mol. The molecule has 0 spiro atoms. The summed E-state index contributed by atoms with van der Waals surface area (Å²) < 4.78 is 16.1. The lowest BCUT2D eigenvalue weighted by Crippen LogP contribution is -2.41. The van der Waals surface area contributed by atoms with Crippen molar-refractivity contribution in [2.45, 2.75) is 19.4 Å². The molecule has 4 rings (SSSR count). The van der Waals surface area contributed by atoms with E-state index in [1.54, 1.807) is 43.5 Å². The van der Waals surface area contributed by atoms with E-state index in [-0.39, 0.29) is 25.2 Å². The van der Waals surface area contributed by atoms with Crippen LogP contribution < -0.4 is 30.2 Å². The van der Waals surface area contributed by atoms with Gasteiger partial charge in [0.25, 0.3) is 5.91 Å². The number of para-hydroxylation sites is 2. The Labute approximate surface area is 198 Å². The van der Waals surface area contributed by atoms with Crippen molar-refractivity contribution in [2.24, 2.45) is 0 Å². The molecule has 176 valence electrons. The van der Waals surface area contributed by atoms with Crippen LogP contribution in [0.2, 0.25) is 0 Å². The van der Waals surface area contributed by atoms with E-state index < -0.39 is 5.54 Å². The lowest BCUT2D eigenvalue weighted by molar-refractivity contribution is -0.115. The van der Waals surface area contributed by atoms with E-state index in [4.69, 9.17) is 14.2 Å². The Morgan fingerprint density at radius 1 is 0.941 bits per heavy atom. The number of methoxy groups -OCH3 is 1. The molecule has 0 radical (unpaired) electrons. The Morgan fingerprint density at radius 2 is 1.68 bits per heavy atom. The summed E-state index contributed by atoms with van der Waals surface area (Å²) in [5.74, 6) is 1.54. The van der Waals surface area contributed by atoms with E-state index in [9.17, 15) is 9.59 Å². The molecule has 0 atom stereocenters. The fourth-order valence-corrected chi connectivity index (χ4v) is 3.54. The number of fused-ring (bicyclic) bond motifs is 1. The highest BCUT2D eigenvalue weighted by Gasteiger charge is 2.24. The molecule has 3 N–H and O–H groups in total. The molecular formula is C26H27N3O5. The number of carbonyl (C=O) groups excluding carboxylic acids is 2. The van der Waals surface area contributed by atoms with Gasteiger partial charge in [-0.05, 0) is 67.9 Å². The fraction of sp³-hybridized carbons (Fsp3) is 0.231. The van der Waals surface area contributed by atoms with Gasteiger partial charge < -0.3 is 24.8 Å². The van der Waals surface area contributed by atoms with Crippen molar-refractivity contribution in [1.29, 1.82) is 0 Å². The van der Waals surface area contributed by atoms with Gasteiger partial charge in [0.1, 0.15) is 5.75 Å². The lowest BCUT2D eigenvalue weighted by atomic mass is 9.94.